The van der Waals surface area contributed by atoms with Crippen molar-refractivity contribution in [1.29, 1.82) is 0 Å². The topological polar surface area (TPSA) is 60.6 Å². The molecule has 144 valence electrons. The molecule has 0 bridgehead atoms. The van der Waals surface area contributed by atoms with Crippen LogP contribution in [0.15, 0.2) is 59.9 Å². The molecule has 0 aliphatic rings. The van der Waals surface area contributed by atoms with E-state index in [4.69, 9.17) is 0 Å². The zero-order valence-corrected chi connectivity index (χ0v) is 17.0. The molecule has 0 radical (unpaired) electrons. The van der Waals surface area contributed by atoms with Gasteiger partial charge >= 0.3 is 0 Å². The molecule has 1 N–H and O–H groups in total. The summed E-state index contributed by atoms with van der Waals surface area (Å²) in [6.07, 6.45) is 2.28. The fraction of sp³-hybridized carbons (Fsp3) is 0.286. The summed E-state index contributed by atoms with van der Waals surface area (Å²) in [7, 11) is 1.86. The summed E-state index contributed by atoms with van der Waals surface area (Å²) in [5, 5.41) is 17.2. The Morgan fingerprint density at radius 3 is 2.82 bits per heavy atom. The first kappa shape index (κ1) is 18.7. The highest BCUT2D eigenvalue weighted by atomic mass is 32.2. The largest absolute Gasteiger partial charge is 0.343 e. The molecular formula is C21H24N6S. The van der Waals surface area contributed by atoms with Crippen LogP contribution in [0.1, 0.15) is 16.7 Å². The molecule has 4 aromatic rings. The van der Waals surface area contributed by atoms with Crippen LogP contribution in [0.2, 0.25) is 0 Å². The number of thioether (sulfide) groups is 1. The molecular weight excluding hydrogens is 368 g/mol. The average molecular weight is 393 g/mol. The van der Waals surface area contributed by atoms with E-state index in [1.807, 2.05) is 7.05 Å². The fourth-order valence-corrected chi connectivity index (χ4v) is 4.13. The molecule has 2 heterocycles. The number of nitrogens with zero attached hydrogens (tertiary/aromatic N) is 5. The molecule has 0 aliphatic heterocycles. The number of rotatable bonds is 8. The van der Waals surface area contributed by atoms with E-state index in [2.05, 4.69) is 87.1 Å². The number of aromatic nitrogens is 5. The van der Waals surface area contributed by atoms with Crippen LogP contribution in [-0.2, 0) is 20.1 Å². The second kappa shape index (κ2) is 8.58. The Morgan fingerprint density at radius 1 is 1.11 bits per heavy atom. The lowest BCUT2D eigenvalue weighted by Crippen LogP contribution is -2.16. The smallest absolute Gasteiger partial charge is 0.209 e. The van der Waals surface area contributed by atoms with Gasteiger partial charge in [-0.05, 0) is 34.5 Å². The zero-order valence-electron chi connectivity index (χ0n) is 16.2. The van der Waals surface area contributed by atoms with Gasteiger partial charge in [0.1, 0.15) is 0 Å². The minimum absolute atomic E-state index is 0.844. The number of benzene rings is 2. The van der Waals surface area contributed by atoms with Crippen LogP contribution in [0.4, 0.5) is 0 Å². The third kappa shape index (κ3) is 4.26. The maximum Gasteiger partial charge on any atom is 0.209 e. The van der Waals surface area contributed by atoms with Crippen molar-refractivity contribution in [3.05, 3.63) is 71.4 Å². The third-order valence-corrected chi connectivity index (χ3v) is 5.73. The fourth-order valence-electron chi connectivity index (χ4n) is 3.38. The lowest BCUT2D eigenvalue weighted by molar-refractivity contribution is 0.663. The van der Waals surface area contributed by atoms with Gasteiger partial charge in [-0.3, -0.25) is 0 Å². The molecule has 4 rings (SSSR count). The van der Waals surface area contributed by atoms with E-state index in [0.29, 0.717) is 0 Å². The Morgan fingerprint density at radius 2 is 2.00 bits per heavy atom. The Bertz CT molecular complexity index is 1070. The molecule has 0 spiro atoms. The Hall–Kier alpha value is -2.64. The zero-order chi connectivity index (χ0) is 19.3. The van der Waals surface area contributed by atoms with E-state index in [0.717, 1.165) is 30.5 Å². The number of hydrogen-bond donors (Lipinski definition) is 1. The third-order valence-electron chi connectivity index (χ3n) is 4.71. The summed E-state index contributed by atoms with van der Waals surface area (Å²) < 4.78 is 4.05. The van der Waals surface area contributed by atoms with E-state index in [9.17, 15) is 0 Å². The highest BCUT2D eigenvalue weighted by Gasteiger charge is 2.09. The molecule has 0 fully saturated rings. The molecule has 0 unspecified atom stereocenters. The lowest BCUT2D eigenvalue weighted by atomic mass is 10.1. The van der Waals surface area contributed by atoms with Gasteiger partial charge in [0.05, 0.1) is 0 Å². The summed E-state index contributed by atoms with van der Waals surface area (Å²) >= 11 is 1.66. The van der Waals surface area contributed by atoms with Crippen molar-refractivity contribution in [3.63, 3.8) is 0 Å². The monoisotopic (exact) mass is 392 g/mol. The van der Waals surface area contributed by atoms with E-state index in [1.54, 1.807) is 16.4 Å². The molecule has 0 saturated heterocycles. The summed E-state index contributed by atoms with van der Waals surface area (Å²) in [6, 6.07) is 17.3. The molecule has 2 aromatic carbocycles. The minimum atomic E-state index is 0.844. The standard InChI is InChI=1S/C21H24N6S/c1-16-6-5-7-17(12-16)14-27-15-18(19-8-3-4-9-20(19)27)13-22-10-11-28-21-23-24-25-26(21)2/h3-9,12,15,22H,10-11,13-14H2,1-2H3. The Balaban J connectivity index is 1.42. The normalized spacial score (nSPS) is 11.4. The maximum absolute atomic E-state index is 4.00. The number of nitrogens with one attached hydrogen (secondary N) is 1. The van der Waals surface area contributed by atoms with Crippen LogP contribution in [-0.4, -0.2) is 37.1 Å². The van der Waals surface area contributed by atoms with Crippen LogP contribution >= 0.6 is 11.8 Å². The van der Waals surface area contributed by atoms with Gasteiger partial charge in [-0.25, -0.2) is 4.68 Å². The molecule has 7 heteroatoms. The van der Waals surface area contributed by atoms with Crippen molar-refractivity contribution in [2.24, 2.45) is 7.05 Å². The van der Waals surface area contributed by atoms with Gasteiger partial charge in [0.25, 0.3) is 0 Å². The van der Waals surface area contributed by atoms with Gasteiger partial charge in [0.2, 0.25) is 5.16 Å². The number of tetrazole rings is 1. The van der Waals surface area contributed by atoms with Gasteiger partial charge in [-0.2, -0.15) is 0 Å². The van der Waals surface area contributed by atoms with E-state index >= 15 is 0 Å². The van der Waals surface area contributed by atoms with Crippen molar-refractivity contribution >= 4 is 22.7 Å². The van der Waals surface area contributed by atoms with Crippen LogP contribution in [0.3, 0.4) is 0 Å². The van der Waals surface area contributed by atoms with Crippen molar-refractivity contribution in [3.8, 4) is 0 Å². The van der Waals surface area contributed by atoms with E-state index < -0.39 is 0 Å². The second-order valence-electron chi connectivity index (χ2n) is 6.90. The van der Waals surface area contributed by atoms with Gasteiger partial charge in [0, 0.05) is 49.5 Å². The summed E-state index contributed by atoms with van der Waals surface area (Å²) in [4.78, 5) is 0. The number of fused-ring (bicyclic) bond motifs is 1. The van der Waals surface area contributed by atoms with Crippen LogP contribution < -0.4 is 5.32 Å². The molecule has 0 atom stereocenters. The van der Waals surface area contributed by atoms with Gasteiger partial charge in [-0.1, -0.05) is 59.8 Å². The first-order chi connectivity index (χ1) is 13.7. The number of hydrogen-bond acceptors (Lipinski definition) is 5. The van der Waals surface area contributed by atoms with Gasteiger partial charge in [0.15, 0.2) is 0 Å². The quantitative estimate of drug-likeness (QED) is 0.368. The van der Waals surface area contributed by atoms with Crippen LogP contribution in [0, 0.1) is 6.92 Å². The van der Waals surface area contributed by atoms with Crippen molar-refractivity contribution in [2.75, 3.05) is 12.3 Å². The number of para-hydroxylation sites is 1. The summed E-state index contributed by atoms with van der Waals surface area (Å²) in [5.41, 5.74) is 5.23. The molecule has 0 amide bonds. The first-order valence-corrected chi connectivity index (χ1v) is 10.4. The van der Waals surface area contributed by atoms with Crippen LogP contribution in [0.25, 0.3) is 10.9 Å². The lowest BCUT2D eigenvalue weighted by Gasteiger charge is -2.06. The molecule has 0 aliphatic carbocycles. The molecule has 28 heavy (non-hydrogen) atoms. The Kier molecular flexibility index (Phi) is 5.73. The average Bonchev–Trinajstić information content (AvgIpc) is 3.26. The molecule has 6 nitrogen and oxygen atoms in total. The first-order valence-electron chi connectivity index (χ1n) is 9.39. The van der Waals surface area contributed by atoms with E-state index in [-0.39, 0.29) is 0 Å². The highest BCUT2D eigenvalue weighted by Crippen LogP contribution is 2.22. The SMILES string of the molecule is Cc1cccc(Cn2cc(CNCCSc3nnnn3C)c3ccccc32)c1. The van der Waals surface area contributed by atoms with Gasteiger partial charge in [-0.15, -0.1) is 5.10 Å². The minimum Gasteiger partial charge on any atom is -0.343 e. The summed E-state index contributed by atoms with van der Waals surface area (Å²) in [6.45, 7) is 4.77. The molecule has 2 aromatic heterocycles. The molecule has 0 saturated carbocycles. The summed E-state index contributed by atoms with van der Waals surface area (Å²) in [5.74, 6) is 0.927. The van der Waals surface area contributed by atoms with Gasteiger partial charge < -0.3 is 9.88 Å². The predicted octanol–water partition coefficient (Wildman–Crippen LogP) is 3.40. The Labute approximate surface area is 168 Å². The number of aryl methyl sites for hydroxylation is 2. The highest BCUT2D eigenvalue weighted by molar-refractivity contribution is 7.99. The van der Waals surface area contributed by atoms with E-state index in [1.165, 1.54) is 27.6 Å². The maximum atomic E-state index is 4.00. The van der Waals surface area contributed by atoms with Crippen molar-refractivity contribution < 1.29 is 0 Å². The second-order valence-corrected chi connectivity index (χ2v) is 7.96. The predicted molar refractivity (Wildman–Crippen MR) is 113 cm³/mol. The van der Waals surface area contributed by atoms with Crippen LogP contribution in [0.5, 0.6) is 0 Å². The van der Waals surface area contributed by atoms with Crippen molar-refractivity contribution in [2.45, 2.75) is 25.2 Å². The van der Waals surface area contributed by atoms with Crippen molar-refractivity contribution in [1.82, 2.24) is 30.1 Å².